The van der Waals surface area contributed by atoms with Crippen LogP contribution >= 0.6 is 0 Å². The molecule has 0 saturated carbocycles. The Hall–Kier alpha value is -6.16. The molecule has 1 aliphatic heterocycles. The molecule has 0 bridgehead atoms. The normalized spacial score (nSPS) is 13.1. The number of anilines is 3. The van der Waals surface area contributed by atoms with Gasteiger partial charge in [-0.15, -0.1) is 0 Å². The minimum atomic E-state index is -2.05. The molecule has 0 saturated heterocycles. The van der Waals surface area contributed by atoms with Gasteiger partial charge in [0.2, 0.25) is 0 Å². The van der Waals surface area contributed by atoms with Crippen molar-refractivity contribution in [2.75, 3.05) is 4.90 Å². The maximum Gasteiger partial charge on any atom is 0.136 e. The second-order valence-electron chi connectivity index (χ2n) is 14.1. The number of benzene rings is 8. The molecule has 0 N–H and O–H groups in total. The zero-order valence-corrected chi connectivity index (χ0v) is 29.6. The van der Waals surface area contributed by atoms with E-state index in [4.69, 9.17) is 4.42 Å². The topological polar surface area (TPSA) is 16.4 Å². The van der Waals surface area contributed by atoms with E-state index in [9.17, 15) is 0 Å². The van der Waals surface area contributed by atoms with Crippen molar-refractivity contribution in [2.45, 2.75) is 13.1 Å². The number of nitrogens with zero attached hydrogens (tertiary/aromatic N) is 1. The predicted molar refractivity (Wildman–Crippen MR) is 219 cm³/mol. The zero-order valence-electron chi connectivity index (χ0n) is 28.6. The van der Waals surface area contributed by atoms with E-state index in [-0.39, 0.29) is 0 Å². The molecule has 0 spiro atoms. The largest absolute Gasteiger partial charge is 0.456 e. The van der Waals surface area contributed by atoms with Crippen molar-refractivity contribution in [3.05, 3.63) is 176 Å². The lowest BCUT2D eigenvalue weighted by atomic mass is 9.97. The summed E-state index contributed by atoms with van der Waals surface area (Å²) in [5, 5.41) is 7.90. The van der Waals surface area contributed by atoms with Crippen LogP contribution in [0, 0.1) is 0 Å². The van der Waals surface area contributed by atoms with Crippen LogP contribution in [0.3, 0.4) is 0 Å². The van der Waals surface area contributed by atoms with E-state index in [0.29, 0.717) is 0 Å². The molecule has 8 aromatic carbocycles. The van der Waals surface area contributed by atoms with Gasteiger partial charge in [-0.1, -0.05) is 140 Å². The Morgan fingerprint density at radius 3 is 1.98 bits per heavy atom. The van der Waals surface area contributed by atoms with E-state index in [1.54, 1.807) is 0 Å². The van der Waals surface area contributed by atoms with Crippen molar-refractivity contribution in [1.82, 2.24) is 0 Å². The Bertz CT molecular complexity index is 2770. The van der Waals surface area contributed by atoms with Crippen LogP contribution in [0.1, 0.15) is 0 Å². The van der Waals surface area contributed by atoms with Crippen LogP contribution in [0.5, 0.6) is 0 Å². The van der Waals surface area contributed by atoms with Crippen molar-refractivity contribution in [2.24, 2.45) is 0 Å². The highest BCUT2D eigenvalue weighted by Crippen LogP contribution is 2.43. The van der Waals surface area contributed by atoms with Crippen molar-refractivity contribution >= 4 is 68.2 Å². The molecule has 10 rings (SSSR count). The van der Waals surface area contributed by atoms with Gasteiger partial charge in [0.25, 0.3) is 0 Å². The molecule has 0 unspecified atom stereocenters. The van der Waals surface area contributed by atoms with Gasteiger partial charge in [-0.25, -0.2) is 0 Å². The van der Waals surface area contributed by atoms with E-state index in [1.165, 1.54) is 71.0 Å². The monoisotopic (exact) mass is 669 g/mol. The van der Waals surface area contributed by atoms with Crippen molar-refractivity contribution < 1.29 is 4.42 Å². The van der Waals surface area contributed by atoms with Gasteiger partial charge in [0.15, 0.2) is 0 Å². The van der Waals surface area contributed by atoms with Crippen LogP contribution in [0.25, 0.3) is 66.1 Å². The third kappa shape index (κ3) is 4.70. The highest BCUT2D eigenvalue weighted by atomic mass is 28.3. The number of fused-ring (bicyclic) bond motifs is 8. The zero-order chi connectivity index (χ0) is 34.1. The quantitative estimate of drug-likeness (QED) is 0.170. The summed E-state index contributed by atoms with van der Waals surface area (Å²) >= 11 is 0. The smallest absolute Gasteiger partial charge is 0.136 e. The van der Waals surface area contributed by atoms with Crippen LogP contribution in [0.4, 0.5) is 17.1 Å². The predicted octanol–water partition coefficient (Wildman–Crippen LogP) is 12.3. The Balaban J connectivity index is 1.15. The number of rotatable bonds is 5. The molecular formula is C48H35NOSi. The first kappa shape index (κ1) is 29.7. The molecule has 0 amide bonds. The van der Waals surface area contributed by atoms with Crippen LogP contribution in [0.15, 0.2) is 180 Å². The number of para-hydroxylation sites is 1. The maximum absolute atomic E-state index is 6.36. The molecule has 2 heterocycles. The lowest BCUT2D eigenvalue weighted by Crippen LogP contribution is -2.49. The Labute approximate surface area is 298 Å². The summed E-state index contributed by atoms with van der Waals surface area (Å²) in [6.07, 6.45) is 0. The molecule has 9 aromatic rings. The van der Waals surface area contributed by atoms with Gasteiger partial charge in [0.05, 0.1) is 0 Å². The molecule has 0 atom stereocenters. The number of hydrogen-bond donors (Lipinski definition) is 0. The van der Waals surface area contributed by atoms with Gasteiger partial charge in [-0.05, 0) is 103 Å². The van der Waals surface area contributed by atoms with Gasteiger partial charge in [-0.3, -0.25) is 0 Å². The molecule has 0 aliphatic carbocycles. The lowest BCUT2D eigenvalue weighted by Gasteiger charge is -2.28. The Kier molecular flexibility index (Phi) is 6.67. The van der Waals surface area contributed by atoms with Crippen molar-refractivity contribution in [3.63, 3.8) is 0 Å². The molecule has 0 fully saturated rings. The van der Waals surface area contributed by atoms with Gasteiger partial charge in [0.1, 0.15) is 19.2 Å². The van der Waals surface area contributed by atoms with E-state index in [2.05, 4.69) is 194 Å². The first-order valence-corrected chi connectivity index (χ1v) is 20.7. The third-order valence-electron chi connectivity index (χ3n) is 10.9. The van der Waals surface area contributed by atoms with Gasteiger partial charge >= 0.3 is 0 Å². The molecule has 0 radical (unpaired) electrons. The fourth-order valence-corrected chi connectivity index (χ4v) is 11.4. The summed E-state index contributed by atoms with van der Waals surface area (Å²) in [5.41, 5.74) is 12.9. The summed E-state index contributed by atoms with van der Waals surface area (Å²) in [5.74, 6) is 0. The highest BCUT2D eigenvalue weighted by Gasteiger charge is 2.39. The average Bonchev–Trinajstić information content (AvgIpc) is 3.67. The summed E-state index contributed by atoms with van der Waals surface area (Å²) in [6, 6.07) is 64.0. The highest BCUT2D eigenvalue weighted by molar-refractivity contribution is 7.04. The summed E-state index contributed by atoms with van der Waals surface area (Å²) in [6.45, 7) is 4.99. The fraction of sp³-hybridized carbons (Fsp3) is 0.0417. The minimum absolute atomic E-state index is 0.946. The van der Waals surface area contributed by atoms with E-state index in [0.717, 1.165) is 22.5 Å². The summed E-state index contributed by atoms with van der Waals surface area (Å²) in [7, 11) is -2.05. The van der Waals surface area contributed by atoms with Gasteiger partial charge in [0, 0.05) is 27.8 Å². The molecule has 242 valence electrons. The van der Waals surface area contributed by atoms with Crippen LogP contribution < -0.4 is 15.3 Å². The maximum atomic E-state index is 6.36. The van der Waals surface area contributed by atoms with Crippen LogP contribution in [-0.2, 0) is 0 Å². The number of hydrogen-bond acceptors (Lipinski definition) is 2. The van der Waals surface area contributed by atoms with Gasteiger partial charge in [-0.2, -0.15) is 0 Å². The second kappa shape index (κ2) is 11.4. The van der Waals surface area contributed by atoms with Crippen molar-refractivity contribution in [3.8, 4) is 33.4 Å². The van der Waals surface area contributed by atoms with E-state index in [1.807, 2.05) is 0 Å². The van der Waals surface area contributed by atoms with E-state index >= 15 is 0 Å². The summed E-state index contributed by atoms with van der Waals surface area (Å²) in [4.78, 5) is 2.43. The first-order chi connectivity index (χ1) is 25.0. The first-order valence-electron chi connectivity index (χ1n) is 17.7. The molecule has 1 aliphatic rings. The Morgan fingerprint density at radius 2 is 1.12 bits per heavy atom. The molecule has 51 heavy (non-hydrogen) atoms. The fourth-order valence-electron chi connectivity index (χ4n) is 8.34. The molecule has 1 aromatic heterocycles. The molecule has 2 nitrogen and oxygen atoms in total. The van der Waals surface area contributed by atoms with Gasteiger partial charge < -0.3 is 9.32 Å². The molecular weight excluding hydrogens is 635 g/mol. The minimum Gasteiger partial charge on any atom is -0.456 e. The third-order valence-corrected chi connectivity index (χ3v) is 14.4. The van der Waals surface area contributed by atoms with Crippen molar-refractivity contribution in [1.29, 1.82) is 0 Å². The second-order valence-corrected chi connectivity index (χ2v) is 18.5. The lowest BCUT2D eigenvalue weighted by molar-refractivity contribution is 0.669. The van der Waals surface area contributed by atoms with E-state index < -0.39 is 8.07 Å². The Morgan fingerprint density at radius 1 is 0.431 bits per heavy atom. The summed E-state index contributed by atoms with van der Waals surface area (Å²) < 4.78 is 6.36. The molecule has 3 heteroatoms. The average molecular weight is 670 g/mol. The van der Waals surface area contributed by atoms with Crippen LogP contribution in [0.2, 0.25) is 13.1 Å². The van der Waals surface area contributed by atoms with Crippen LogP contribution in [-0.4, -0.2) is 8.07 Å². The SMILES string of the molecule is C[Si]1(C)c2cc(N(c3ccc(-c4cccc5ccccc45)cc3)c3cccc(-c4ccccc4)c3)ccc2-c2c1ccc1oc3ccccc3c21. The number of furan rings is 1. The standard InChI is InChI=1S/C48H35NOSi/c1-51(2)45-29-28-44-47(41-19-8-9-21-43(41)50-44)48(45)42-27-26-38(31-46(42)51)49(37-17-10-16-35(30-37)32-12-4-3-5-13-32)36-24-22-34(23-25-36)40-20-11-15-33-14-6-7-18-39(33)40/h3-31H,1-2H3.